The molecule has 2 aromatic rings. The molecule has 0 radical (unpaired) electrons. The Labute approximate surface area is 215 Å². The number of aromatic nitrogens is 1. The number of aliphatic hydroxyl groups excluding tert-OH is 1. The summed E-state index contributed by atoms with van der Waals surface area (Å²) in [6.07, 6.45) is 3.34. The predicted molar refractivity (Wildman–Crippen MR) is 135 cm³/mol. The van der Waals surface area contributed by atoms with E-state index in [2.05, 4.69) is 10.3 Å². The van der Waals surface area contributed by atoms with Gasteiger partial charge < -0.3 is 19.9 Å². The molecule has 1 aromatic carbocycles. The van der Waals surface area contributed by atoms with E-state index in [4.69, 9.17) is 21.1 Å². The van der Waals surface area contributed by atoms with Crippen LogP contribution in [0.1, 0.15) is 44.1 Å². The summed E-state index contributed by atoms with van der Waals surface area (Å²) in [7, 11) is 0. The number of ether oxygens (including phenoxy) is 2. The molecule has 4 fully saturated rings. The molecule has 4 aliphatic rings. The van der Waals surface area contributed by atoms with Crippen molar-refractivity contribution in [3.63, 3.8) is 0 Å². The van der Waals surface area contributed by atoms with Crippen LogP contribution in [0.15, 0.2) is 24.4 Å². The second-order valence-corrected chi connectivity index (χ2v) is 11.7. The number of hydrogen-bond donors (Lipinski definition) is 2. The third-order valence-corrected chi connectivity index (χ3v) is 9.46. The molecule has 9 heteroatoms. The van der Waals surface area contributed by atoms with Crippen molar-refractivity contribution in [3.05, 3.63) is 35.0 Å². The molecule has 1 saturated carbocycles. The van der Waals surface area contributed by atoms with E-state index in [0.717, 1.165) is 48.8 Å². The first-order valence-corrected chi connectivity index (χ1v) is 13.3. The maximum atomic E-state index is 15.5. The second kappa shape index (κ2) is 9.17. The zero-order valence-electron chi connectivity index (χ0n) is 20.5. The van der Waals surface area contributed by atoms with E-state index in [9.17, 15) is 9.90 Å². The fourth-order valence-corrected chi connectivity index (χ4v) is 6.78. The van der Waals surface area contributed by atoms with Gasteiger partial charge in [-0.3, -0.25) is 9.69 Å². The number of piperidine rings is 1. The minimum atomic E-state index is -1.12. The van der Waals surface area contributed by atoms with Crippen LogP contribution >= 0.6 is 11.6 Å². The topological polar surface area (TPSA) is 83.9 Å². The van der Waals surface area contributed by atoms with Crippen molar-refractivity contribution in [2.75, 3.05) is 44.8 Å². The van der Waals surface area contributed by atoms with Crippen LogP contribution in [0.3, 0.4) is 0 Å². The summed E-state index contributed by atoms with van der Waals surface area (Å²) in [6, 6.07) is 5.62. The standard InChI is InChI=1S/C27H33ClFN3O4/c1-26(15-36-14-23(26)33)32-5-2-18(22(29)13-32)19-8-16-10-24(30-12-17(16)9-21(19)28)31-25(34)20-11-27(20)3-6-35-7-4-27/h8-10,12,18,20,22-23,33H,2-7,11,13-15H2,1H3,(H,30,31,34)/t18-,20-,22-,23?,26?/m0/s1. The number of aliphatic hydroxyl groups is 1. The van der Waals surface area contributed by atoms with Crippen molar-refractivity contribution in [3.8, 4) is 0 Å². The van der Waals surface area contributed by atoms with Gasteiger partial charge in [-0.05, 0) is 73.7 Å². The van der Waals surface area contributed by atoms with Crippen molar-refractivity contribution in [2.45, 2.75) is 56.3 Å². The minimum Gasteiger partial charge on any atom is -0.389 e. The van der Waals surface area contributed by atoms with Crippen LogP contribution in [0.2, 0.25) is 5.02 Å². The van der Waals surface area contributed by atoms with Crippen LogP contribution in [0.25, 0.3) is 10.8 Å². The molecule has 1 amide bonds. The van der Waals surface area contributed by atoms with E-state index in [0.29, 0.717) is 30.4 Å². The second-order valence-electron chi connectivity index (χ2n) is 11.3. The highest BCUT2D eigenvalue weighted by Crippen LogP contribution is 2.59. The van der Waals surface area contributed by atoms with Crippen LogP contribution in [-0.2, 0) is 14.3 Å². The normalized spacial score (nSPS) is 34.2. The first kappa shape index (κ1) is 24.5. The quantitative estimate of drug-likeness (QED) is 0.639. The number of benzene rings is 1. The van der Waals surface area contributed by atoms with Gasteiger partial charge in [0, 0.05) is 48.2 Å². The highest BCUT2D eigenvalue weighted by molar-refractivity contribution is 6.32. The number of halogens is 2. The van der Waals surface area contributed by atoms with Crippen molar-refractivity contribution in [1.29, 1.82) is 0 Å². The van der Waals surface area contributed by atoms with Gasteiger partial charge in [0.05, 0.1) is 24.9 Å². The Kier molecular flexibility index (Phi) is 6.24. The zero-order chi connectivity index (χ0) is 25.1. The van der Waals surface area contributed by atoms with Crippen LogP contribution < -0.4 is 5.32 Å². The number of nitrogens with one attached hydrogen (secondary N) is 1. The molecule has 7 nitrogen and oxygen atoms in total. The van der Waals surface area contributed by atoms with Crippen LogP contribution in [-0.4, -0.2) is 78.2 Å². The molecule has 2 unspecified atom stereocenters. The molecular weight excluding hydrogens is 485 g/mol. The number of likely N-dealkylation sites (tertiary alicyclic amines) is 1. The van der Waals surface area contributed by atoms with Gasteiger partial charge in [-0.25, -0.2) is 9.37 Å². The average Bonchev–Trinajstić information content (AvgIpc) is 3.44. The maximum absolute atomic E-state index is 15.5. The lowest BCUT2D eigenvalue weighted by Gasteiger charge is -2.45. The van der Waals surface area contributed by atoms with Crippen molar-refractivity contribution in [1.82, 2.24) is 9.88 Å². The number of nitrogens with zero attached hydrogens (tertiary/aromatic N) is 2. The first-order valence-electron chi connectivity index (χ1n) is 12.9. The van der Waals surface area contributed by atoms with Crippen LogP contribution in [0.4, 0.5) is 10.2 Å². The SMILES string of the molecule is CC1(N2CC[C@@H](c3cc4cc(NC(=O)[C@@H]5CC56CCOCC6)ncc4cc3Cl)[C@@H](F)C2)COCC1O. The molecule has 36 heavy (non-hydrogen) atoms. The Balaban J connectivity index is 1.18. The van der Waals surface area contributed by atoms with Gasteiger partial charge >= 0.3 is 0 Å². The fourth-order valence-electron chi connectivity index (χ4n) is 6.47. The monoisotopic (exact) mass is 517 g/mol. The van der Waals surface area contributed by atoms with Crippen molar-refractivity contribution >= 4 is 34.1 Å². The fraction of sp³-hybridized carbons (Fsp3) is 0.630. The largest absolute Gasteiger partial charge is 0.389 e. The van der Waals surface area contributed by atoms with Crippen molar-refractivity contribution < 1.29 is 23.8 Å². The summed E-state index contributed by atoms with van der Waals surface area (Å²) in [5.41, 5.74) is 0.311. The molecule has 3 aliphatic heterocycles. The number of carbonyl (C=O) groups is 1. The third-order valence-electron chi connectivity index (χ3n) is 9.13. The van der Waals surface area contributed by atoms with E-state index in [1.807, 2.05) is 30.0 Å². The highest BCUT2D eigenvalue weighted by Gasteiger charge is 2.58. The third kappa shape index (κ3) is 4.21. The van der Waals surface area contributed by atoms with Crippen LogP contribution in [0.5, 0.6) is 0 Å². The molecule has 1 aromatic heterocycles. The summed E-state index contributed by atoms with van der Waals surface area (Å²) < 4.78 is 26.4. The van der Waals surface area contributed by atoms with Crippen LogP contribution in [0, 0.1) is 11.3 Å². The lowest BCUT2D eigenvalue weighted by molar-refractivity contribution is -0.118. The summed E-state index contributed by atoms with van der Waals surface area (Å²) in [5, 5.41) is 15.6. The van der Waals surface area contributed by atoms with Gasteiger partial charge in [-0.1, -0.05) is 11.6 Å². The number of carbonyl (C=O) groups excluding carboxylic acids is 1. The van der Waals surface area contributed by atoms with E-state index >= 15 is 4.39 Å². The van der Waals surface area contributed by atoms with Gasteiger partial charge in [-0.2, -0.15) is 0 Å². The maximum Gasteiger partial charge on any atom is 0.229 e. The molecule has 1 spiro atoms. The van der Waals surface area contributed by atoms with Gasteiger partial charge in [0.1, 0.15) is 12.0 Å². The minimum absolute atomic E-state index is 0.0145. The highest BCUT2D eigenvalue weighted by atomic mass is 35.5. The summed E-state index contributed by atoms with van der Waals surface area (Å²) >= 11 is 6.62. The molecule has 1 aliphatic carbocycles. The van der Waals surface area contributed by atoms with Gasteiger partial charge in [0.25, 0.3) is 0 Å². The average molecular weight is 518 g/mol. The number of hydrogen-bond acceptors (Lipinski definition) is 6. The molecule has 0 bridgehead atoms. The molecule has 2 N–H and O–H groups in total. The van der Waals surface area contributed by atoms with Gasteiger partial charge in [0.2, 0.25) is 5.91 Å². The molecular formula is C27H33ClFN3O4. The Morgan fingerprint density at radius 2 is 2.06 bits per heavy atom. The molecule has 5 atom stereocenters. The van der Waals surface area contributed by atoms with E-state index in [-0.39, 0.29) is 36.3 Å². The lowest BCUT2D eigenvalue weighted by atomic mass is 9.84. The first-order chi connectivity index (χ1) is 17.3. The molecule has 3 saturated heterocycles. The predicted octanol–water partition coefficient (Wildman–Crippen LogP) is 3.92. The molecule has 194 valence electrons. The summed E-state index contributed by atoms with van der Waals surface area (Å²) in [4.78, 5) is 19.3. The zero-order valence-corrected chi connectivity index (χ0v) is 21.3. The molecule has 4 heterocycles. The number of anilines is 1. The Bertz CT molecular complexity index is 1180. The van der Waals surface area contributed by atoms with Gasteiger partial charge in [-0.15, -0.1) is 0 Å². The van der Waals surface area contributed by atoms with E-state index in [1.54, 1.807) is 6.20 Å². The Morgan fingerprint density at radius 1 is 1.25 bits per heavy atom. The number of pyridine rings is 1. The van der Waals surface area contributed by atoms with Gasteiger partial charge in [0.15, 0.2) is 0 Å². The number of amides is 1. The van der Waals surface area contributed by atoms with Crippen molar-refractivity contribution in [2.24, 2.45) is 11.3 Å². The summed E-state index contributed by atoms with van der Waals surface area (Å²) in [5.74, 6) is 0.195. The number of alkyl halides is 1. The number of rotatable bonds is 4. The lowest BCUT2D eigenvalue weighted by Crippen LogP contribution is -2.58. The molecule has 6 rings (SSSR count). The Morgan fingerprint density at radius 3 is 2.78 bits per heavy atom. The smallest absolute Gasteiger partial charge is 0.229 e. The van der Waals surface area contributed by atoms with E-state index in [1.165, 1.54) is 0 Å². The summed E-state index contributed by atoms with van der Waals surface area (Å²) in [6.45, 7) is 4.96. The Hall–Kier alpha value is -1.84. The van der Waals surface area contributed by atoms with E-state index < -0.39 is 17.8 Å². The number of fused-ring (bicyclic) bond motifs is 1.